The molecule has 164 valence electrons. The number of pyridine rings is 1. The highest BCUT2D eigenvalue weighted by molar-refractivity contribution is 6.02. The van der Waals surface area contributed by atoms with Gasteiger partial charge in [0.15, 0.2) is 17.1 Å². The SMILES string of the molecule is Cc1cccc(-n2c(=O)c3c[nH]nc3c3cnc(NC[C@H]4COc5ccccc5O4)nc32)c1. The van der Waals surface area contributed by atoms with Gasteiger partial charge in [0.25, 0.3) is 5.56 Å². The third-order valence-corrected chi connectivity index (χ3v) is 5.62. The minimum atomic E-state index is -0.202. The molecule has 0 radical (unpaired) electrons. The van der Waals surface area contributed by atoms with E-state index in [9.17, 15) is 4.79 Å². The number of hydrogen-bond donors (Lipinski definition) is 2. The number of aryl methyl sites for hydroxylation is 1. The van der Waals surface area contributed by atoms with E-state index in [1.54, 1.807) is 17.0 Å². The number of benzene rings is 2. The van der Waals surface area contributed by atoms with Crippen molar-refractivity contribution in [2.75, 3.05) is 18.5 Å². The Morgan fingerprint density at radius 3 is 2.91 bits per heavy atom. The quantitative estimate of drug-likeness (QED) is 0.442. The van der Waals surface area contributed by atoms with Crippen LogP contribution in [0.1, 0.15) is 5.56 Å². The molecule has 5 aromatic rings. The summed E-state index contributed by atoms with van der Waals surface area (Å²) in [5.74, 6) is 1.84. The molecule has 2 aromatic carbocycles. The molecule has 9 heteroatoms. The average molecular weight is 440 g/mol. The molecule has 4 heterocycles. The van der Waals surface area contributed by atoms with E-state index in [0.29, 0.717) is 46.8 Å². The third kappa shape index (κ3) is 3.34. The lowest BCUT2D eigenvalue weighted by Crippen LogP contribution is -2.35. The van der Waals surface area contributed by atoms with E-state index in [0.717, 1.165) is 17.0 Å². The van der Waals surface area contributed by atoms with Crippen LogP contribution in [0, 0.1) is 6.92 Å². The summed E-state index contributed by atoms with van der Waals surface area (Å²) in [6.45, 7) is 2.85. The molecule has 33 heavy (non-hydrogen) atoms. The number of nitrogens with one attached hydrogen (secondary N) is 2. The van der Waals surface area contributed by atoms with Crippen LogP contribution in [0.4, 0.5) is 5.95 Å². The molecule has 9 nitrogen and oxygen atoms in total. The number of aromatic nitrogens is 5. The molecule has 0 aliphatic carbocycles. The van der Waals surface area contributed by atoms with Gasteiger partial charge >= 0.3 is 0 Å². The van der Waals surface area contributed by atoms with Gasteiger partial charge in [-0.3, -0.25) is 14.5 Å². The van der Waals surface area contributed by atoms with E-state index >= 15 is 0 Å². The second-order valence-electron chi connectivity index (χ2n) is 7.94. The molecule has 6 rings (SSSR count). The Balaban J connectivity index is 1.38. The summed E-state index contributed by atoms with van der Waals surface area (Å²) >= 11 is 0. The van der Waals surface area contributed by atoms with Gasteiger partial charge in [0.05, 0.1) is 23.0 Å². The zero-order valence-electron chi connectivity index (χ0n) is 17.8. The van der Waals surface area contributed by atoms with Crippen molar-refractivity contribution in [3.63, 3.8) is 0 Å². The monoisotopic (exact) mass is 440 g/mol. The van der Waals surface area contributed by atoms with Crippen LogP contribution in [0.3, 0.4) is 0 Å². The highest BCUT2D eigenvalue weighted by atomic mass is 16.6. The molecule has 0 saturated carbocycles. The van der Waals surface area contributed by atoms with E-state index in [-0.39, 0.29) is 11.7 Å². The standard InChI is InChI=1S/C24H20N6O3/c1-14-5-4-6-15(9-14)30-22-17(21-18(23(30)31)12-27-29-21)11-26-24(28-22)25-10-16-13-32-19-7-2-3-8-20(19)33-16/h2-9,11-12,16H,10,13H2,1H3,(H,27,29)(H,25,26,28)/t16-/m0/s1. The fourth-order valence-corrected chi connectivity index (χ4v) is 4.05. The Bertz CT molecular complexity index is 1560. The number of aromatic amines is 1. The Kier molecular flexibility index (Phi) is 4.46. The second kappa shape index (κ2) is 7.63. The minimum absolute atomic E-state index is 0.192. The molecule has 3 aromatic heterocycles. The number of H-pyrrole nitrogens is 1. The maximum atomic E-state index is 13.3. The summed E-state index contributed by atoms with van der Waals surface area (Å²) in [5.41, 5.74) is 2.61. The number of ether oxygens (including phenoxy) is 2. The maximum absolute atomic E-state index is 13.3. The van der Waals surface area contributed by atoms with Gasteiger partial charge in [-0.15, -0.1) is 0 Å². The molecule has 0 spiro atoms. The lowest BCUT2D eigenvalue weighted by atomic mass is 10.2. The zero-order valence-corrected chi connectivity index (χ0v) is 17.8. The third-order valence-electron chi connectivity index (χ3n) is 5.62. The number of fused-ring (bicyclic) bond motifs is 4. The first-order valence-corrected chi connectivity index (χ1v) is 10.6. The lowest BCUT2D eigenvalue weighted by molar-refractivity contribution is 0.0996. The minimum Gasteiger partial charge on any atom is -0.486 e. The van der Waals surface area contributed by atoms with Crippen LogP contribution in [-0.4, -0.2) is 44.0 Å². The van der Waals surface area contributed by atoms with Gasteiger partial charge in [0, 0.05) is 12.4 Å². The number of anilines is 1. The van der Waals surface area contributed by atoms with Crippen LogP contribution in [0.15, 0.2) is 65.7 Å². The number of nitrogens with zero attached hydrogens (tertiary/aromatic N) is 4. The fourth-order valence-electron chi connectivity index (χ4n) is 4.05. The Labute approximate surface area is 188 Å². The van der Waals surface area contributed by atoms with Crippen LogP contribution < -0.4 is 20.3 Å². The molecule has 0 saturated heterocycles. The zero-order chi connectivity index (χ0) is 22.4. The number of hydrogen-bond acceptors (Lipinski definition) is 7. The van der Waals surface area contributed by atoms with Crippen LogP contribution in [0.5, 0.6) is 11.5 Å². The Morgan fingerprint density at radius 2 is 2.03 bits per heavy atom. The van der Waals surface area contributed by atoms with E-state index < -0.39 is 0 Å². The molecule has 0 amide bonds. The number of rotatable bonds is 4. The van der Waals surface area contributed by atoms with Gasteiger partial charge in [-0.1, -0.05) is 24.3 Å². The molecule has 1 atom stereocenters. The van der Waals surface area contributed by atoms with Crippen molar-refractivity contribution in [3.8, 4) is 17.2 Å². The van der Waals surface area contributed by atoms with E-state index in [4.69, 9.17) is 14.5 Å². The van der Waals surface area contributed by atoms with Crippen LogP contribution >= 0.6 is 0 Å². The maximum Gasteiger partial charge on any atom is 0.267 e. The number of para-hydroxylation sites is 2. The van der Waals surface area contributed by atoms with Crippen molar-refractivity contribution in [3.05, 3.63) is 76.8 Å². The van der Waals surface area contributed by atoms with Crippen LogP contribution in [0.25, 0.3) is 27.6 Å². The molecular formula is C24H20N6O3. The lowest BCUT2D eigenvalue weighted by Gasteiger charge is -2.26. The summed E-state index contributed by atoms with van der Waals surface area (Å²) in [5, 5.41) is 11.4. The molecule has 2 N–H and O–H groups in total. The molecule has 0 fully saturated rings. The van der Waals surface area contributed by atoms with Crippen LogP contribution in [-0.2, 0) is 0 Å². The molecule has 1 aliphatic heterocycles. The van der Waals surface area contributed by atoms with E-state index in [2.05, 4.69) is 20.5 Å². The van der Waals surface area contributed by atoms with Gasteiger partial charge in [0.2, 0.25) is 5.95 Å². The van der Waals surface area contributed by atoms with Crippen molar-refractivity contribution in [1.82, 2.24) is 24.7 Å². The van der Waals surface area contributed by atoms with Crippen molar-refractivity contribution in [2.45, 2.75) is 13.0 Å². The largest absolute Gasteiger partial charge is 0.486 e. The Hall–Kier alpha value is -4.40. The summed E-state index contributed by atoms with van der Waals surface area (Å²) < 4.78 is 13.4. The van der Waals surface area contributed by atoms with Gasteiger partial charge in [-0.2, -0.15) is 10.1 Å². The summed E-state index contributed by atoms with van der Waals surface area (Å²) in [7, 11) is 0. The first kappa shape index (κ1) is 19.3. The first-order valence-electron chi connectivity index (χ1n) is 10.6. The predicted octanol–water partition coefficient (Wildman–Crippen LogP) is 3.22. The normalized spacial score (nSPS) is 15.1. The molecule has 0 bridgehead atoms. The molecule has 1 aliphatic rings. The smallest absolute Gasteiger partial charge is 0.267 e. The first-order chi connectivity index (χ1) is 16.2. The predicted molar refractivity (Wildman–Crippen MR) is 124 cm³/mol. The van der Waals surface area contributed by atoms with Gasteiger partial charge < -0.3 is 14.8 Å². The van der Waals surface area contributed by atoms with Crippen molar-refractivity contribution >= 4 is 27.9 Å². The van der Waals surface area contributed by atoms with Gasteiger partial charge in [-0.05, 0) is 36.8 Å². The van der Waals surface area contributed by atoms with Gasteiger partial charge in [-0.25, -0.2) is 4.98 Å². The second-order valence-corrected chi connectivity index (χ2v) is 7.94. The van der Waals surface area contributed by atoms with Crippen molar-refractivity contribution in [1.29, 1.82) is 0 Å². The Morgan fingerprint density at radius 1 is 1.15 bits per heavy atom. The highest BCUT2D eigenvalue weighted by Crippen LogP contribution is 2.31. The highest BCUT2D eigenvalue weighted by Gasteiger charge is 2.21. The van der Waals surface area contributed by atoms with Crippen molar-refractivity contribution in [2.24, 2.45) is 0 Å². The molecular weight excluding hydrogens is 420 g/mol. The van der Waals surface area contributed by atoms with E-state index in [1.807, 2.05) is 55.5 Å². The van der Waals surface area contributed by atoms with Crippen LogP contribution in [0.2, 0.25) is 0 Å². The molecule has 0 unspecified atom stereocenters. The van der Waals surface area contributed by atoms with Crippen molar-refractivity contribution < 1.29 is 9.47 Å². The summed E-state index contributed by atoms with van der Waals surface area (Å²) in [6.07, 6.45) is 3.09. The average Bonchev–Trinajstić information content (AvgIpc) is 3.33. The fraction of sp³-hybridized carbons (Fsp3) is 0.167. The summed E-state index contributed by atoms with van der Waals surface area (Å²) in [4.78, 5) is 22.5. The van der Waals surface area contributed by atoms with Gasteiger partial charge in [0.1, 0.15) is 18.2 Å². The van der Waals surface area contributed by atoms with E-state index in [1.165, 1.54) is 0 Å². The topological polar surface area (TPSA) is 107 Å². The summed E-state index contributed by atoms with van der Waals surface area (Å²) in [6, 6.07) is 15.3.